The Labute approximate surface area is 192 Å². The summed E-state index contributed by atoms with van der Waals surface area (Å²) in [4.78, 5) is 26.5. The van der Waals surface area contributed by atoms with Crippen molar-refractivity contribution in [3.63, 3.8) is 0 Å². The third-order valence-corrected chi connectivity index (χ3v) is 6.67. The van der Waals surface area contributed by atoms with Gasteiger partial charge in [-0.3, -0.25) is 4.79 Å². The highest BCUT2D eigenvalue weighted by molar-refractivity contribution is 5.99. The molecule has 9 nitrogen and oxygen atoms in total. The number of aromatic nitrogens is 2. The van der Waals surface area contributed by atoms with Crippen LogP contribution in [0.3, 0.4) is 0 Å². The van der Waals surface area contributed by atoms with Crippen molar-refractivity contribution < 1.29 is 24.2 Å². The Morgan fingerprint density at radius 3 is 2.73 bits per heavy atom. The van der Waals surface area contributed by atoms with E-state index >= 15 is 0 Å². The van der Waals surface area contributed by atoms with Gasteiger partial charge < -0.3 is 19.5 Å². The second kappa shape index (κ2) is 7.80. The fourth-order valence-corrected chi connectivity index (χ4v) is 4.88. The molecule has 1 fully saturated rings. The predicted molar refractivity (Wildman–Crippen MR) is 119 cm³/mol. The number of hydrogen-bond donors (Lipinski definition) is 1. The molecule has 2 aliphatic rings. The van der Waals surface area contributed by atoms with E-state index in [-0.39, 0.29) is 29.4 Å². The number of carbonyl (C=O) groups excluding carboxylic acids is 1. The molecule has 1 saturated heterocycles. The summed E-state index contributed by atoms with van der Waals surface area (Å²) >= 11 is 0. The Balaban J connectivity index is 1.72. The van der Waals surface area contributed by atoms with E-state index < -0.39 is 11.7 Å². The van der Waals surface area contributed by atoms with E-state index in [0.29, 0.717) is 47.8 Å². The summed E-state index contributed by atoms with van der Waals surface area (Å²) in [6.07, 6.45) is 0.0782. The molecule has 0 bridgehead atoms. The Hall–Kier alpha value is -3.54. The zero-order valence-electron chi connectivity index (χ0n) is 19.5. The van der Waals surface area contributed by atoms with Crippen molar-refractivity contribution in [2.75, 3.05) is 13.7 Å². The first-order valence-electron chi connectivity index (χ1n) is 10.9. The van der Waals surface area contributed by atoms with Gasteiger partial charge in [-0.25, -0.2) is 9.48 Å². The molecule has 4 rings (SSSR count). The highest BCUT2D eigenvalue weighted by Crippen LogP contribution is 2.45. The van der Waals surface area contributed by atoms with Crippen molar-refractivity contribution in [2.45, 2.75) is 58.6 Å². The molecule has 0 aliphatic carbocycles. The minimum Gasteiger partial charge on any atom is -0.495 e. The van der Waals surface area contributed by atoms with Crippen LogP contribution >= 0.6 is 0 Å². The molecule has 33 heavy (non-hydrogen) atoms. The van der Waals surface area contributed by atoms with Crippen molar-refractivity contribution >= 4 is 11.9 Å². The third kappa shape index (κ3) is 3.80. The SMILES string of the molecule is COc1cc(-n2nc3c(c2C)OC2(CCN(C(=O)O)C(C(C)(C)C)C2)CC3=O)ccc1C#N. The average Bonchev–Trinajstić information content (AvgIpc) is 3.09. The molecule has 174 valence electrons. The minimum atomic E-state index is -0.952. The number of fused-ring (bicyclic) bond motifs is 1. The van der Waals surface area contributed by atoms with Gasteiger partial charge in [-0.05, 0) is 24.5 Å². The summed E-state index contributed by atoms with van der Waals surface area (Å²) in [6.45, 7) is 8.15. The molecule has 1 spiro atoms. The molecular weight excluding hydrogens is 424 g/mol. The van der Waals surface area contributed by atoms with Crippen LogP contribution in [0.15, 0.2) is 18.2 Å². The van der Waals surface area contributed by atoms with Gasteiger partial charge in [0.2, 0.25) is 0 Å². The number of nitrogens with zero attached hydrogens (tertiary/aromatic N) is 4. The Kier molecular flexibility index (Phi) is 5.35. The smallest absolute Gasteiger partial charge is 0.407 e. The Morgan fingerprint density at radius 2 is 2.12 bits per heavy atom. The largest absolute Gasteiger partial charge is 0.495 e. The number of carbonyl (C=O) groups is 2. The number of hydrogen-bond acceptors (Lipinski definition) is 6. The maximum Gasteiger partial charge on any atom is 0.407 e. The molecule has 2 unspecified atom stereocenters. The second-order valence-electron chi connectivity index (χ2n) is 9.87. The molecular formula is C24H28N4O5. The van der Waals surface area contributed by atoms with E-state index in [4.69, 9.17) is 9.47 Å². The zero-order chi connectivity index (χ0) is 24.1. The number of ketones is 1. The minimum absolute atomic E-state index is 0.116. The van der Waals surface area contributed by atoms with Gasteiger partial charge in [0, 0.05) is 31.5 Å². The van der Waals surface area contributed by atoms with Crippen LogP contribution in [-0.2, 0) is 0 Å². The lowest BCUT2D eigenvalue weighted by atomic mass is 9.72. The van der Waals surface area contributed by atoms with E-state index in [0.717, 1.165) is 0 Å². The lowest BCUT2D eigenvalue weighted by molar-refractivity contribution is -0.0525. The lowest BCUT2D eigenvalue weighted by Crippen LogP contribution is -2.59. The van der Waals surface area contributed by atoms with E-state index in [2.05, 4.69) is 11.2 Å². The van der Waals surface area contributed by atoms with Gasteiger partial charge in [0.05, 0.1) is 30.5 Å². The summed E-state index contributed by atoms with van der Waals surface area (Å²) in [5.74, 6) is 0.738. The maximum absolute atomic E-state index is 13.2. The second-order valence-corrected chi connectivity index (χ2v) is 9.87. The molecule has 2 aliphatic heterocycles. The highest BCUT2D eigenvalue weighted by Gasteiger charge is 2.51. The molecule has 9 heteroatoms. The number of nitriles is 1. The van der Waals surface area contributed by atoms with Crippen LogP contribution in [0.25, 0.3) is 5.69 Å². The van der Waals surface area contributed by atoms with Crippen molar-refractivity contribution in [3.05, 3.63) is 35.2 Å². The first-order chi connectivity index (χ1) is 15.5. The lowest BCUT2D eigenvalue weighted by Gasteiger charge is -2.50. The monoisotopic (exact) mass is 452 g/mol. The van der Waals surface area contributed by atoms with Gasteiger partial charge >= 0.3 is 6.09 Å². The number of methoxy groups -OCH3 is 1. The van der Waals surface area contributed by atoms with Gasteiger partial charge in [-0.2, -0.15) is 10.4 Å². The van der Waals surface area contributed by atoms with Crippen LogP contribution in [0.5, 0.6) is 11.5 Å². The third-order valence-electron chi connectivity index (χ3n) is 6.67. The zero-order valence-corrected chi connectivity index (χ0v) is 19.5. The summed E-state index contributed by atoms with van der Waals surface area (Å²) in [6, 6.07) is 6.89. The molecule has 0 saturated carbocycles. The highest BCUT2D eigenvalue weighted by atomic mass is 16.5. The molecule has 2 aromatic rings. The number of rotatable bonds is 2. The molecule has 2 atom stereocenters. The average molecular weight is 453 g/mol. The van der Waals surface area contributed by atoms with E-state index in [9.17, 15) is 20.0 Å². The summed E-state index contributed by atoms with van der Waals surface area (Å²) < 4.78 is 13.4. The van der Waals surface area contributed by atoms with Crippen molar-refractivity contribution in [3.8, 4) is 23.3 Å². The van der Waals surface area contributed by atoms with Crippen LogP contribution in [0.1, 0.15) is 61.8 Å². The van der Waals surface area contributed by atoms with E-state index in [1.165, 1.54) is 12.0 Å². The van der Waals surface area contributed by atoms with Gasteiger partial charge in [-0.15, -0.1) is 0 Å². The first-order valence-corrected chi connectivity index (χ1v) is 10.9. The summed E-state index contributed by atoms with van der Waals surface area (Å²) in [5, 5.41) is 23.5. The number of Topliss-reactive ketones (excluding diaryl/α,β-unsaturated/α-hetero) is 1. The van der Waals surface area contributed by atoms with Crippen LogP contribution in [0.4, 0.5) is 4.79 Å². The molecule has 1 amide bonds. The summed E-state index contributed by atoms with van der Waals surface area (Å²) in [5.41, 5.74) is 0.912. The predicted octanol–water partition coefficient (Wildman–Crippen LogP) is 3.95. The van der Waals surface area contributed by atoms with E-state index in [1.807, 2.05) is 27.7 Å². The van der Waals surface area contributed by atoms with Gasteiger partial charge in [-0.1, -0.05) is 20.8 Å². The quantitative estimate of drug-likeness (QED) is 0.733. The normalized spacial score (nSPS) is 22.5. The Morgan fingerprint density at radius 1 is 1.39 bits per heavy atom. The Bertz CT molecular complexity index is 1170. The molecule has 1 aromatic heterocycles. The molecule has 1 aromatic carbocycles. The number of amides is 1. The fraction of sp³-hybridized carbons (Fsp3) is 0.500. The first kappa shape index (κ1) is 22.6. The molecule has 3 heterocycles. The van der Waals surface area contributed by atoms with E-state index in [1.54, 1.807) is 22.9 Å². The van der Waals surface area contributed by atoms with Crippen molar-refractivity contribution in [2.24, 2.45) is 5.41 Å². The number of likely N-dealkylation sites (tertiary alicyclic amines) is 1. The van der Waals surface area contributed by atoms with Crippen LogP contribution in [-0.4, -0.2) is 57.0 Å². The number of carboxylic acid groups (broad SMARTS) is 1. The van der Waals surface area contributed by atoms with Crippen molar-refractivity contribution in [1.29, 1.82) is 5.26 Å². The topological polar surface area (TPSA) is 118 Å². The van der Waals surface area contributed by atoms with Gasteiger partial charge in [0.1, 0.15) is 17.4 Å². The molecule has 1 N–H and O–H groups in total. The standard InChI is InChI=1S/C24H28N4O5/c1-14-21-20(26-28(14)16-7-6-15(13-25)18(10-16)32-5)17(29)11-24(33-21)8-9-27(22(30)31)19(12-24)23(2,3)4/h6-7,10,19H,8-9,11-12H2,1-5H3,(H,30,31). The number of ether oxygens (including phenoxy) is 2. The fourth-order valence-electron chi connectivity index (χ4n) is 4.88. The van der Waals surface area contributed by atoms with Crippen LogP contribution < -0.4 is 9.47 Å². The number of benzene rings is 1. The molecule has 0 radical (unpaired) electrons. The van der Waals surface area contributed by atoms with Gasteiger partial charge in [0.25, 0.3) is 0 Å². The number of piperidine rings is 1. The van der Waals surface area contributed by atoms with Crippen LogP contribution in [0.2, 0.25) is 0 Å². The maximum atomic E-state index is 13.2. The van der Waals surface area contributed by atoms with Gasteiger partial charge in [0.15, 0.2) is 17.2 Å². The summed E-state index contributed by atoms with van der Waals surface area (Å²) in [7, 11) is 1.49. The van der Waals surface area contributed by atoms with Crippen molar-refractivity contribution in [1.82, 2.24) is 14.7 Å². The van der Waals surface area contributed by atoms with Crippen LogP contribution in [0, 0.1) is 23.7 Å².